The van der Waals surface area contributed by atoms with Gasteiger partial charge in [-0.05, 0) is 25.0 Å². The fourth-order valence-corrected chi connectivity index (χ4v) is 3.42. The molecular formula is C15H17NO8S. The zero-order valence-electron chi connectivity index (χ0n) is 13.3. The Morgan fingerprint density at radius 1 is 1.20 bits per heavy atom. The van der Waals surface area contributed by atoms with Crippen LogP contribution in [0, 0.1) is 0 Å². The van der Waals surface area contributed by atoms with Gasteiger partial charge in [0.15, 0.2) is 6.29 Å². The lowest BCUT2D eigenvalue weighted by Crippen LogP contribution is -2.53. The van der Waals surface area contributed by atoms with Crippen LogP contribution in [0.25, 0.3) is 0 Å². The maximum absolute atomic E-state index is 12.6. The topological polar surface area (TPSA) is 119 Å². The highest BCUT2D eigenvalue weighted by Crippen LogP contribution is 2.31. The second-order valence-corrected chi connectivity index (χ2v) is 6.84. The second-order valence-electron chi connectivity index (χ2n) is 5.75. The standard InChI is InChI=1S/C15H17NO8S/c1-22-15-12(7-6-9(24-15)8-23-25(19,20)21)16-13(17)10-4-2-3-5-11(10)14(16)18/h2-5,9,12,15H,6-8H2,1H3,(H,19,20,21)/t9?,12?,15-/m1/s1. The maximum Gasteiger partial charge on any atom is 0.397 e. The minimum absolute atomic E-state index is 0.327. The predicted octanol–water partition coefficient (Wildman–Crippen LogP) is 0.622. The fourth-order valence-electron chi connectivity index (χ4n) is 3.10. The molecule has 0 spiro atoms. The number of hydrogen-bond donors (Lipinski definition) is 1. The van der Waals surface area contributed by atoms with Gasteiger partial charge in [0, 0.05) is 7.11 Å². The molecule has 0 aliphatic carbocycles. The first-order valence-corrected chi connectivity index (χ1v) is 8.95. The Bertz CT molecular complexity index is 757. The van der Waals surface area contributed by atoms with Crippen LogP contribution in [0.1, 0.15) is 33.6 Å². The molecule has 0 saturated carbocycles. The van der Waals surface area contributed by atoms with Gasteiger partial charge in [-0.25, -0.2) is 4.18 Å². The molecule has 0 aromatic heterocycles. The lowest BCUT2D eigenvalue weighted by atomic mass is 10.0. The zero-order chi connectivity index (χ0) is 18.2. The lowest BCUT2D eigenvalue weighted by Gasteiger charge is -2.38. The van der Waals surface area contributed by atoms with Gasteiger partial charge in [0.25, 0.3) is 11.8 Å². The number of hydrogen-bond acceptors (Lipinski definition) is 7. The molecule has 2 amide bonds. The molecule has 1 fully saturated rings. The average Bonchev–Trinajstić information content (AvgIpc) is 2.84. The zero-order valence-corrected chi connectivity index (χ0v) is 14.1. The normalized spacial score (nSPS) is 26.8. The molecule has 9 nitrogen and oxygen atoms in total. The molecule has 25 heavy (non-hydrogen) atoms. The molecule has 1 saturated heterocycles. The maximum atomic E-state index is 12.6. The van der Waals surface area contributed by atoms with Crippen LogP contribution in [0.2, 0.25) is 0 Å². The highest BCUT2D eigenvalue weighted by Gasteiger charge is 2.45. The summed E-state index contributed by atoms with van der Waals surface area (Å²) >= 11 is 0. The third-order valence-corrected chi connectivity index (χ3v) is 4.65. The van der Waals surface area contributed by atoms with Crippen molar-refractivity contribution in [1.29, 1.82) is 0 Å². The molecule has 0 radical (unpaired) electrons. The molecule has 1 aromatic carbocycles. The summed E-state index contributed by atoms with van der Waals surface area (Å²) in [5, 5.41) is 0. The van der Waals surface area contributed by atoms with Crippen molar-refractivity contribution >= 4 is 22.2 Å². The van der Waals surface area contributed by atoms with Gasteiger partial charge in [0.05, 0.1) is 29.9 Å². The highest BCUT2D eigenvalue weighted by molar-refractivity contribution is 7.80. The number of carbonyl (C=O) groups excluding carboxylic acids is 2. The largest absolute Gasteiger partial charge is 0.397 e. The molecule has 0 bridgehead atoms. The Morgan fingerprint density at radius 2 is 1.80 bits per heavy atom. The number of fused-ring (bicyclic) bond motifs is 1. The van der Waals surface area contributed by atoms with Crippen LogP contribution >= 0.6 is 0 Å². The third-order valence-electron chi connectivity index (χ3n) is 4.22. The number of rotatable bonds is 5. The molecule has 1 aromatic rings. The van der Waals surface area contributed by atoms with Crippen molar-refractivity contribution in [1.82, 2.24) is 4.90 Å². The van der Waals surface area contributed by atoms with Gasteiger partial charge in [-0.15, -0.1) is 0 Å². The van der Waals surface area contributed by atoms with Crippen molar-refractivity contribution in [3.63, 3.8) is 0 Å². The van der Waals surface area contributed by atoms with Gasteiger partial charge in [0.1, 0.15) is 0 Å². The average molecular weight is 371 g/mol. The molecule has 2 unspecified atom stereocenters. The van der Waals surface area contributed by atoms with Crippen LogP contribution in [-0.2, 0) is 24.1 Å². The number of imide groups is 1. The minimum atomic E-state index is -4.57. The van der Waals surface area contributed by atoms with Crippen molar-refractivity contribution in [2.24, 2.45) is 0 Å². The van der Waals surface area contributed by atoms with Gasteiger partial charge >= 0.3 is 10.4 Å². The van der Waals surface area contributed by atoms with Gasteiger partial charge in [-0.2, -0.15) is 8.42 Å². The van der Waals surface area contributed by atoms with E-state index in [4.69, 9.17) is 14.0 Å². The first-order valence-electron chi connectivity index (χ1n) is 7.59. The number of methoxy groups -OCH3 is 1. The summed E-state index contributed by atoms with van der Waals surface area (Å²) in [4.78, 5) is 26.3. The van der Waals surface area contributed by atoms with E-state index in [-0.39, 0.29) is 6.61 Å². The first kappa shape index (κ1) is 18.0. The number of ether oxygens (including phenoxy) is 2. The van der Waals surface area contributed by atoms with Gasteiger partial charge in [-0.3, -0.25) is 19.0 Å². The minimum Gasteiger partial charge on any atom is -0.354 e. The number of amides is 2. The first-order chi connectivity index (χ1) is 11.8. The lowest BCUT2D eigenvalue weighted by molar-refractivity contribution is -0.209. The quantitative estimate of drug-likeness (QED) is 0.591. The monoisotopic (exact) mass is 371 g/mol. The molecule has 1 N–H and O–H groups in total. The Labute approximate surface area is 144 Å². The van der Waals surface area contributed by atoms with Gasteiger partial charge in [-0.1, -0.05) is 12.1 Å². The van der Waals surface area contributed by atoms with E-state index in [9.17, 15) is 18.0 Å². The fraction of sp³-hybridized carbons (Fsp3) is 0.467. The molecule has 10 heteroatoms. The van der Waals surface area contributed by atoms with Crippen LogP contribution in [0.15, 0.2) is 24.3 Å². The van der Waals surface area contributed by atoms with Gasteiger partial charge in [0.2, 0.25) is 0 Å². The van der Waals surface area contributed by atoms with E-state index in [1.54, 1.807) is 24.3 Å². The molecule has 2 heterocycles. The summed E-state index contributed by atoms with van der Waals surface area (Å²) in [7, 11) is -3.21. The molecule has 3 rings (SSSR count). The van der Waals surface area contributed by atoms with Crippen LogP contribution in [0.4, 0.5) is 0 Å². The summed E-state index contributed by atoms with van der Waals surface area (Å²) < 4.78 is 45.1. The number of benzene rings is 1. The van der Waals surface area contributed by atoms with Crippen molar-refractivity contribution in [3.8, 4) is 0 Å². The van der Waals surface area contributed by atoms with E-state index in [1.165, 1.54) is 7.11 Å². The van der Waals surface area contributed by atoms with Crippen molar-refractivity contribution in [2.75, 3.05) is 13.7 Å². The SMILES string of the molecule is CO[C@@H]1OC(COS(=O)(=O)O)CCC1N1C(=O)c2ccccc2C1=O. The van der Waals surface area contributed by atoms with Crippen molar-refractivity contribution in [2.45, 2.75) is 31.3 Å². The van der Waals surface area contributed by atoms with E-state index in [0.717, 1.165) is 4.90 Å². The Kier molecular flexibility index (Phi) is 4.89. The van der Waals surface area contributed by atoms with Crippen LogP contribution in [-0.4, -0.2) is 61.8 Å². The van der Waals surface area contributed by atoms with Gasteiger partial charge < -0.3 is 9.47 Å². The molecule has 136 valence electrons. The van der Waals surface area contributed by atoms with Crippen LogP contribution in [0.3, 0.4) is 0 Å². The molecule has 3 atom stereocenters. The van der Waals surface area contributed by atoms with E-state index in [0.29, 0.717) is 24.0 Å². The molecule has 2 aliphatic heterocycles. The Morgan fingerprint density at radius 3 is 2.32 bits per heavy atom. The Balaban J connectivity index is 1.74. The van der Waals surface area contributed by atoms with E-state index < -0.39 is 40.6 Å². The summed E-state index contributed by atoms with van der Waals surface area (Å²) in [6.45, 7) is -0.381. The third kappa shape index (κ3) is 3.58. The molecule has 2 aliphatic rings. The Hall–Kier alpha value is -1.85. The number of carbonyl (C=O) groups is 2. The van der Waals surface area contributed by atoms with E-state index in [2.05, 4.69) is 4.18 Å². The van der Waals surface area contributed by atoms with Crippen LogP contribution in [0.5, 0.6) is 0 Å². The second kappa shape index (κ2) is 6.81. The summed E-state index contributed by atoms with van der Waals surface area (Å²) in [5.74, 6) is -0.826. The number of nitrogens with zero attached hydrogens (tertiary/aromatic N) is 1. The summed E-state index contributed by atoms with van der Waals surface area (Å²) in [5.41, 5.74) is 0.665. The summed E-state index contributed by atoms with van der Waals surface area (Å²) in [6.07, 6.45) is -0.902. The van der Waals surface area contributed by atoms with Crippen molar-refractivity contribution < 1.29 is 36.2 Å². The summed E-state index contributed by atoms with van der Waals surface area (Å²) in [6, 6.07) is 5.90. The highest BCUT2D eigenvalue weighted by atomic mass is 32.3. The smallest absolute Gasteiger partial charge is 0.354 e. The molecular weight excluding hydrogens is 354 g/mol. The van der Waals surface area contributed by atoms with Crippen LogP contribution < -0.4 is 0 Å². The van der Waals surface area contributed by atoms with E-state index >= 15 is 0 Å². The predicted molar refractivity (Wildman–Crippen MR) is 83.1 cm³/mol. The van der Waals surface area contributed by atoms with E-state index in [1.807, 2.05) is 0 Å². The van der Waals surface area contributed by atoms with Crippen molar-refractivity contribution in [3.05, 3.63) is 35.4 Å².